The molecule has 202 valence electrons. The maximum absolute atomic E-state index is 13.5. The minimum absolute atomic E-state index is 0.000436. The number of hydrogen-bond acceptors (Lipinski definition) is 9. The standard InChI is InChI=1S/C28H32N2O7S/c1-6-28(5,38)29-18(3)23(26(31)37-27(32)35-7-2)24(25(19(29)4)30(33)34)21-15-11-12-16-22(21)36-17-20-13-9-8-10-14-20/h8-16,24,38H,6-7,17H2,1-5H3. The lowest BCUT2D eigenvalue weighted by atomic mass is 9.82. The van der Waals surface area contributed by atoms with Crippen LogP contribution in [-0.4, -0.2) is 33.4 Å². The second-order valence-electron chi connectivity index (χ2n) is 8.95. The molecule has 0 aromatic heterocycles. The molecule has 0 saturated heterocycles. The molecule has 9 nitrogen and oxygen atoms in total. The van der Waals surface area contributed by atoms with Crippen LogP contribution in [-0.2, 0) is 20.9 Å². The topological polar surface area (TPSA) is 108 Å². The number of carbonyl (C=O) groups excluding carboxylic acids is 2. The Hall–Kier alpha value is -3.79. The summed E-state index contributed by atoms with van der Waals surface area (Å²) in [7, 11) is 0. The predicted octanol–water partition coefficient (Wildman–Crippen LogP) is 6.20. The van der Waals surface area contributed by atoms with E-state index in [4.69, 9.17) is 26.8 Å². The van der Waals surface area contributed by atoms with Crippen molar-refractivity contribution >= 4 is 24.8 Å². The average molecular weight is 541 g/mol. The van der Waals surface area contributed by atoms with Crippen molar-refractivity contribution < 1.29 is 28.7 Å². The van der Waals surface area contributed by atoms with Crippen LogP contribution < -0.4 is 4.74 Å². The first-order valence-corrected chi connectivity index (χ1v) is 12.7. The van der Waals surface area contributed by atoms with Gasteiger partial charge in [-0.2, -0.15) is 12.6 Å². The number of rotatable bonds is 9. The maximum atomic E-state index is 13.5. The summed E-state index contributed by atoms with van der Waals surface area (Å²) < 4.78 is 15.9. The Balaban J connectivity index is 2.22. The van der Waals surface area contributed by atoms with E-state index in [-0.39, 0.29) is 24.5 Å². The summed E-state index contributed by atoms with van der Waals surface area (Å²) in [6.45, 7) is 8.75. The molecule has 1 aliphatic rings. The van der Waals surface area contributed by atoms with E-state index in [2.05, 4.69) is 0 Å². The number of carbonyl (C=O) groups is 2. The maximum Gasteiger partial charge on any atom is 0.516 e. The van der Waals surface area contributed by atoms with Crippen molar-refractivity contribution in [2.24, 2.45) is 0 Å². The van der Waals surface area contributed by atoms with Crippen molar-refractivity contribution in [3.8, 4) is 5.75 Å². The van der Waals surface area contributed by atoms with Crippen molar-refractivity contribution in [3.05, 3.63) is 98.5 Å². The third-order valence-electron chi connectivity index (χ3n) is 6.47. The van der Waals surface area contributed by atoms with Gasteiger partial charge >= 0.3 is 12.1 Å². The van der Waals surface area contributed by atoms with Crippen LogP contribution in [0.25, 0.3) is 0 Å². The molecule has 3 rings (SSSR count). The Kier molecular flexibility index (Phi) is 9.22. The van der Waals surface area contributed by atoms with Gasteiger partial charge in [-0.1, -0.05) is 55.5 Å². The first-order chi connectivity index (χ1) is 18.0. The molecule has 38 heavy (non-hydrogen) atoms. The Labute approximate surface area is 227 Å². The second kappa shape index (κ2) is 12.2. The largest absolute Gasteiger partial charge is 0.516 e. The molecule has 0 amide bonds. The average Bonchev–Trinajstić information content (AvgIpc) is 2.87. The molecular weight excluding hydrogens is 508 g/mol. The number of nitrogens with zero attached hydrogens (tertiary/aromatic N) is 2. The summed E-state index contributed by atoms with van der Waals surface area (Å²) >= 11 is 4.75. The van der Waals surface area contributed by atoms with Crippen LogP contribution >= 0.6 is 12.6 Å². The number of hydrogen-bond donors (Lipinski definition) is 1. The highest BCUT2D eigenvalue weighted by atomic mass is 32.1. The molecule has 0 fully saturated rings. The molecule has 0 saturated carbocycles. The monoisotopic (exact) mass is 540 g/mol. The Morgan fingerprint density at radius 3 is 2.29 bits per heavy atom. The van der Waals surface area contributed by atoms with Gasteiger partial charge in [-0.15, -0.1) is 0 Å². The predicted molar refractivity (Wildman–Crippen MR) is 145 cm³/mol. The Bertz CT molecular complexity index is 1270. The summed E-state index contributed by atoms with van der Waals surface area (Å²) in [5.74, 6) is -1.86. The van der Waals surface area contributed by atoms with Crippen molar-refractivity contribution in [1.82, 2.24) is 4.90 Å². The van der Waals surface area contributed by atoms with Gasteiger partial charge in [0.2, 0.25) is 0 Å². The smallest absolute Gasteiger partial charge is 0.489 e. The highest BCUT2D eigenvalue weighted by Gasteiger charge is 2.48. The fraction of sp³-hybridized carbons (Fsp3) is 0.357. The van der Waals surface area contributed by atoms with E-state index in [1.807, 2.05) is 37.3 Å². The molecule has 2 atom stereocenters. The number of ether oxygens (including phenoxy) is 3. The molecule has 0 bridgehead atoms. The van der Waals surface area contributed by atoms with E-state index in [1.54, 1.807) is 56.9 Å². The number of allylic oxidation sites excluding steroid dienone is 3. The molecule has 2 unspecified atom stereocenters. The van der Waals surface area contributed by atoms with E-state index < -0.39 is 27.8 Å². The van der Waals surface area contributed by atoms with Gasteiger partial charge in [-0.25, -0.2) is 9.59 Å². The van der Waals surface area contributed by atoms with E-state index >= 15 is 0 Å². The lowest BCUT2D eigenvalue weighted by Crippen LogP contribution is -2.44. The first-order valence-electron chi connectivity index (χ1n) is 12.3. The van der Waals surface area contributed by atoms with Crippen molar-refractivity contribution in [1.29, 1.82) is 0 Å². The minimum atomic E-state index is -1.19. The highest BCUT2D eigenvalue weighted by molar-refractivity contribution is 7.81. The number of thiol groups is 1. The molecule has 2 aromatic rings. The van der Waals surface area contributed by atoms with Crippen LogP contribution in [0.5, 0.6) is 5.75 Å². The number of esters is 1. The third-order valence-corrected chi connectivity index (χ3v) is 6.98. The van der Waals surface area contributed by atoms with Crippen LogP contribution in [0.3, 0.4) is 0 Å². The zero-order valence-corrected chi connectivity index (χ0v) is 23.0. The molecule has 1 heterocycles. The summed E-state index contributed by atoms with van der Waals surface area (Å²) in [6, 6.07) is 16.3. The van der Waals surface area contributed by atoms with Gasteiger partial charge in [0.25, 0.3) is 5.70 Å². The van der Waals surface area contributed by atoms with Gasteiger partial charge < -0.3 is 19.1 Å². The van der Waals surface area contributed by atoms with E-state index in [0.717, 1.165) is 5.56 Å². The van der Waals surface area contributed by atoms with Crippen molar-refractivity contribution in [2.75, 3.05) is 6.61 Å². The molecule has 1 aliphatic heterocycles. The Morgan fingerprint density at radius 2 is 1.68 bits per heavy atom. The number of nitro groups is 1. The molecule has 0 spiro atoms. The molecule has 0 aliphatic carbocycles. The van der Waals surface area contributed by atoms with E-state index in [1.165, 1.54) is 0 Å². The summed E-state index contributed by atoms with van der Waals surface area (Å²) in [5.41, 5.74) is 1.69. The van der Waals surface area contributed by atoms with Crippen molar-refractivity contribution in [3.63, 3.8) is 0 Å². The number of benzene rings is 2. The molecular formula is C28H32N2O7S. The fourth-order valence-electron chi connectivity index (χ4n) is 4.59. The first kappa shape index (κ1) is 28.8. The third kappa shape index (κ3) is 6.02. The van der Waals surface area contributed by atoms with Crippen LogP contribution in [0.2, 0.25) is 0 Å². The van der Waals surface area contributed by atoms with E-state index in [9.17, 15) is 19.7 Å². The lowest BCUT2D eigenvalue weighted by molar-refractivity contribution is -0.432. The Morgan fingerprint density at radius 1 is 1.05 bits per heavy atom. The van der Waals surface area contributed by atoms with Gasteiger partial charge in [0, 0.05) is 11.3 Å². The van der Waals surface area contributed by atoms with Gasteiger partial charge in [0.15, 0.2) is 0 Å². The van der Waals surface area contributed by atoms with Crippen LogP contribution in [0.15, 0.2) is 77.3 Å². The van der Waals surface area contributed by atoms with Gasteiger partial charge in [-0.05, 0) is 45.7 Å². The van der Waals surface area contributed by atoms with Crippen LogP contribution in [0.4, 0.5) is 4.79 Å². The van der Waals surface area contributed by atoms with E-state index in [0.29, 0.717) is 29.1 Å². The fourth-order valence-corrected chi connectivity index (χ4v) is 4.89. The highest BCUT2D eigenvalue weighted by Crippen LogP contribution is 2.48. The normalized spacial score (nSPS) is 17.1. The SMILES string of the molecule is CCOC(=O)OC(=O)C1=C(C)N(C(C)(S)CC)C(C)=C([N+](=O)[O-])C1c1ccccc1OCc1ccccc1. The summed E-state index contributed by atoms with van der Waals surface area (Å²) in [6.07, 6.45) is -0.688. The van der Waals surface area contributed by atoms with Crippen LogP contribution in [0, 0.1) is 10.1 Å². The summed E-state index contributed by atoms with van der Waals surface area (Å²) in [4.78, 5) is 38.4. The van der Waals surface area contributed by atoms with Crippen LogP contribution in [0.1, 0.15) is 58.1 Å². The zero-order valence-electron chi connectivity index (χ0n) is 22.1. The lowest BCUT2D eigenvalue weighted by Gasteiger charge is -2.43. The molecule has 2 aromatic carbocycles. The molecule has 0 N–H and O–H groups in total. The van der Waals surface area contributed by atoms with Gasteiger partial charge in [-0.3, -0.25) is 10.1 Å². The second-order valence-corrected chi connectivity index (χ2v) is 9.91. The molecule has 0 radical (unpaired) electrons. The van der Waals surface area contributed by atoms with Gasteiger partial charge in [0.05, 0.1) is 27.7 Å². The molecule has 10 heteroatoms. The quantitative estimate of drug-likeness (QED) is 0.132. The zero-order chi connectivity index (χ0) is 28.0. The van der Waals surface area contributed by atoms with Crippen molar-refractivity contribution in [2.45, 2.75) is 58.4 Å². The summed E-state index contributed by atoms with van der Waals surface area (Å²) in [5, 5.41) is 12.6. The van der Waals surface area contributed by atoms with Gasteiger partial charge in [0.1, 0.15) is 18.3 Å². The number of para-hydroxylation sites is 1. The minimum Gasteiger partial charge on any atom is -0.489 e.